The molecule has 1 amide bonds. The molecule has 0 aliphatic rings. The smallest absolute Gasteiger partial charge is 0.223 e. The van der Waals surface area contributed by atoms with Gasteiger partial charge >= 0.3 is 0 Å². The van der Waals surface area contributed by atoms with Gasteiger partial charge in [0.25, 0.3) is 0 Å². The van der Waals surface area contributed by atoms with Gasteiger partial charge in [-0.3, -0.25) is 4.79 Å². The minimum absolute atomic E-state index is 0.0271. The van der Waals surface area contributed by atoms with Crippen LogP contribution in [0.15, 0.2) is 18.2 Å². The average Bonchev–Trinajstić information content (AvgIpc) is 2.25. The first-order valence-electron chi connectivity index (χ1n) is 6.61. The number of hydrogen-bond donors (Lipinski definition) is 1. The standard InChI is InChI=1S/C15H22Cl2N2O/c1-15(2,3)18-6-5-14(20)19(4)10-11-7-12(16)9-13(17)8-11/h7-9,18H,5-6,10H2,1-4H3. The lowest BCUT2D eigenvalue weighted by Gasteiger charge is -2.22. The number of carbonyl (C=O) groups excluding carboxylic acids is 1. The molecule has 5 heteroatoms. The molecule has 0 saturated carbocycles. The molecule has 0 aliphatic heterocycles. The molecule has 0 unspecified atom stereocenters. The Morgan fingerprint density at radius 1 is 1.20 bits per heavy atom. The maximum absolute atomic E-state index is 12.0. The van der Waals surface area contributed by atoms with Crippen molar-refractivity contribution < 1.29 is 4.79 Å². The van der Waals surface area contributed by atoms with E-state index in [4.69, 9.17) is 23.2 Å². The summed E-state index contributed by atoms with van der Waals surface area (Å²) in [4.78, 5) is 13.7. The van der Waals surface area contributed by atoms with Crippen LogP contribution in [-0.4, -0.2) is 29.9 Å². The van der Waals surface area contributed by atoms with Crippen LogP contribution < -0.4 is 5.32 Å². The van der Waals surface area contributed by atoms with Crippen LogP contribution in [0.5, 0.6) is 0 Å². The monoisotopic (exact) mass is 316 g/mol. The van der Waals surface area contributed by atoms with Crippen molar-refractivity contribution in [1.82, 2.24) is 10.2 Å². The van der Waals surface area contributed by atoms with Crippen LogP contribution in [0, 0.1) is 0 Å². The Balaban J connectivity index is 2.49. The first-order chi connectivity index (χ1) is 9.17. The van der Waals surface area contributed by atoms with Gasteiger partial charge < -0.3 is 10.2 Å². The van der Waals surface area contributed by atoms with Gasteiger partial charge in [0.05, 0.1) is 0 Å². The zero-order valence-corrected chi connectivity index (χ0v) is 14.0. The van der Waals surface area contributed by atoms with Gasteiger partial charge in [0, 0.05) is 42.1 Å². The molecule has 1 rings (SSSR count). The summed E-state index contributed by atoms with van der Waals surface area (Å²) in [6.45, 7) is 7.41. The molecule has 112 valence electrons. The molecule has 1 N–H and O–H groups in total. The zero-order valence-electron chi connectivity index (χ0n) is 12.5. The van der Waals surface area contributed by atoms with Crippen molar-refractivity contribution in [3.63, 3.8) is 0 Å². The Hall–Kier alpha value is -0.770. The Morgan fingerprint density at radius 3 is 2.25 bits per heavy atom. The van der Waals surface area contributed by atoms with Gasteiger partial charge in [-0.25, -0.2) is 0 Å². The highest BCUT2D eigenvalue weighted by Crippen LogP contribution is 2.20. The number of hydrogen-bond acceptors (Lipinski definition) is 2. The maximum atomic E-state index is 12.0. The molecule has 0 saturated heterocycles. The Bertz CT molecular complexity index is 449. The third kappa shape index (κ3) is 6.60. The topological polar surface area (TPSA) is 32.3 Å². The molecule has 0 heterocycles. The van der Waals surface area contributed by atoms with Crippen molar-refractivity contribution in [2.24, 2.45) is 0 Å². The number of halogens is 2. The number of amides is 1. The van der Waals surface area contributed by atoms with E-state index in [1.165, 1.54) is 0 Å². The van der Waals surface area contributed by atoms with Crippen LogP contribution in [0.4, 0.5) is 0 Å². The van der Waals surface area contributed by atoms with Crippen molar-refractivity contribution in [1.29, 1.82) is 0 Å². The van der Waals surface area contributed by atoms with E-state index in [1.807, 2.05) is 12.1 Å². The second-order valence-corrected chi connectivity index (χ2v) is 6.83. The summed E-state index contributed by atoms with van der Waals surface area (Å²) in [7, 11) is 1.79. The maximum Gasteiger partial charge on any atom is 0.223 e. The number of rotatable bonds is 5. The fraction of sp³-hybridized carbons (Fsp3) is 0.533. The number of nitrogens with zero attached hydrogens (tertiary/aromatic N) is 1. The van der Waals surface area contributed by atoms with Crippen LogP contribution in [0.3, 0.4) is 0 Å². The van der Waals surface area contributed by atoms with E-state index in [1.54, 1.807) is 18.0 Å². The van der Waals surface area contributed by atoms with Gasteiger partial charge in [0.15, 0.2) is 0 Å². The zero-order chi connectivity index (χ0) is 15.3. The van der Waals surface area contributed by atoms with E-state index in [2.05, 4.69) is 26.1 Å². The lowest BCUT2D eigenvalue weighted by Crippen LogP contribution is -2.38. The first kappa shape index (κ1) is 17.3. The molecule has 0 atom stereocenters. The van der Waals surface area contributed by atoms with E-state index >= 15 is 0 Å². The molecule has 1 aromatic carbocycles. The van der Waals surface area contributed by atoms with Crippen LogP contribution in [0.25, 0.3) is 0 Å². The van der Waals surface area contributed by atoms with Crippen molar-refractivity contribution in [2.45, 2.75) is 39.3 Å². The quantitative estimate of drug-likeness (QED) is 0.897. The lowest BCUT2D eigenvalue weighted by atomic mass is 10.1. The number of benzene rings is 1. The Labute approximate surface area is 131 Å². The summed E-state index contributed by atoms with van der Waals surface area (Å²) < 4.78 is 0. The highest BCUT2D eigenvalue weighted by atomic mass is 35.5. The molecule has 20 heavy (non-hydrogen) atoms. The van der Waals surface area contributed by atoms with Gasteiger partial charge in [-0.15, -0.1) is 0 Å². The van der Waals surface area contributed by atoms with E-state index in [9.17, 15) is 4.79 Å². The number of nitrogens with one attached hydrogen (secondary N) is 1. The van der Waals surface area contributed by atoms with Crippen LogP contribution in [-0.2, 0) is 11.3 Å². The van der Waals surface area contributed by atoms with E-state index in [0.717, 1.165) is 5.56 Å². The summed E-state index contributed by atoms with van der Waals surface area (Å²) >= 11 is 11.9. The summed E-state index contributed by atoms with van der Waals surface area (Å²) in [5.41, 5.74) is 0.960. The molecule has 0 aromatic heterocycles. The molecule has 0 fully saturated rings. The van der Waals surface area contributed by atoms with Gasteiger partial charge in [0.1, 0.15) is 0 Å². The van der Waals surface area contributed by atoms with Crippen molar-refractivity contribution in [3.8, 4) is 0 Å². The summed E-state index contributed by atoms with van der Waals surface area (Å²) in [5, 5.41) is 4.47. The SMILES string of the molecule is CN(Cc1cc(Cl)cc(Cl)c1)C(=O)CCNC(C)(C)C. The predicted molar refractivity (Wildman–Crippen MR) is 85.3 cm³/mol. The molecule has 0 spiro atoms. The highest BCUT2D eigenvalue weighted by Gasteiger charge is 2.13. The summed E-state index contributed by atoms with van der Waals surface area (Å²) in [6.07, 6.45) is 0.474. The molecule has 1 aromatic rings. The third-order valence-corrected chi connectivity index (χ3v) is 3.20. The largest absolute Gasteiger partial charge is 0.341 e. The van der Waals surface area contributed by atoms with Crippen LogP contribution >= 0.6 is 23.2 Å². The molecular formula is C15H22Cl2N2O. The molecule has 0 aliphatic carbocycles. The fourth-order valence-corrected chi connectivity index (χ4v) is 2.37. The Morgan fingerprint density at radius 2 is 1.75 bits per heavy atom. The second kappa shape index (κ2) is 7.30. The van der Waals surface area contributed by atoms with Gasteiger partial charge in [-0.2, -0.15) is 0 Å². The lowest BCUT2D eigenvalue weighted by molar-refractivity contribution is -0.130. The second-order valence-electron chi connectivity index (χ2n) is 5.95. The van der Waals surface area contributed by atoms with Crippen molar-refractivity contribution in [3.05, 3.63) is 33.8 Å². The first-order valence-corrected chi connectivity index (χ1v) is 7.37. The predicted octanol–water partition coefficient (Wildman–Crippen LogP) is 3.73. The molecule has 0 radical (unpaired) electrons. The van der Waals surface area contributed by atoms with E-state index < -0.39 is 0 Å². The third-order valence-electron chi connectivity index (χ3n) is 2.76. The summed E-state index contributed by atoms with van der Waals surface area (Å²) in [6, 6.07) is 5.33. The molecule has 0 bridgehead atoms. The van der Waals surface area contributed by atoms with Crippen LogP contribution in [0.1, 0.15) is 32.8 Å². The molecular weight excluding hydrogens is 295 g/mol. The Kier molecular flexibility index (Phi) is 6.31. The molecule has 3 nitrogen and oxygen atoms in total. The van der Waals surface area contributed by atoms with Gasteiger partial charge in [-0.1, -0.05) is 23.2 Å². The fourth-order valence-electron chi connectivity index (χ4n) is 1.80. The average molecular weight is 317 g/mol. The normalized spacial score (nSPS) is 11.5. The van der Waals surface area contributed by atoms with Gasteiger partial charge in [0.2, 0.25) is 5.91 Å². The van der Waals surface area contributed by atoms with Crippen molar-refractivity contribution >= 4 is 29.1 Å². The minimum Gasteiger partial charge on any atom is -0.341 e. The van der Waals surface area contributed by atoms with Crippen molar-refractivity contribution in [2.75, 3.05) is 13.6 Å². The minimum atomic E-state index is 0.0271. The highest BCUT2D eigenvalue weighted by molar-refractivity contribution is 6.34. The van der Waals surface area contributed by atoms with Gasteiger partial charge in [-0.05, 0) is 44.5 Å². The van der Waals surface area contributed by atoms with E-state index in [0.29, 0.717) is 29.6 Å². The van der Waals surface area contributed by atoms with Crippen LogP contribution in [0.2, 0.25) is 10.0 Å². The number of carbonyl (C=O) groups is 1. The van der Waals surface area contributed by atoms with E-state index in [-0.39, 0.29) is 11.4 Å². The summed E-state index contributed by atoms with van der Waals surface area (Å²) in [5.74, 6) is 0.0952.